The van der Waals surface area contributed by atoms with Crippen molar-refractivity contribution in [3.63, 3.8) is 0 Å². The van der Waals surface area contributed by atoms with Crippen LogP contribution < -0.4 is 0 Å². The van der Waals surface area contributed by atoms with E-state index in [0.29, 0.717) is 0 Å². The van der Waals surface area contributed by atoms with Gasteiger partial charge in [-0.3, -0.25) is 4.98 Å². The van der Waals surface area contributed by atoms with Crippen molar-refractivity contribution in [3.05, 3.63) is 30.1 Å². The predicted octanol–water partition coefficient (Wildman–Crippen LogP) is 1.49. The summed E-state index contributed by atoms with van der Waals surface area (Å²) >= 11 is 1.83. The molecule has 1 unspecified atom stereocenters. The van der Waals surface area contributed by atoms with Crippen molar-refractivity contribution in [2.45, 2.75) is 18.4 Å². The lowest BCUT2D eigenvalue weighted by molar-refractivity contribution is 0.0686. The SMILES string of the molecule is OC1(Cc2ccncc2)CCSC1. The number of aliphatic hydroxyl groups is 1. The summed E-state index contributed by atoms with van der Waals surface area (Å²) in [6.07, 6.45) is 5.24. The molecule has 0 aromatic carbocycles. The maximum absolute atomic E-state index is 10.1. The Balaban J connectivity index is 2.05. The molecule has 1 saturated heterocycles. The fourth-order valence-electron chi connectivity index (χ4n) is 1.62. The minimum absolute atomic E-state index is 0.466. The zero-order valence-electron chi connectivity index (χ0n) is 7.44. The van der Waals surface area contributed by atoms with E-state index in [1.54, 1.807) is 12.4 Å². The highest BCUT2D eigenvalue weighted by atomic mass is 32.2. The number of hydrogen-bond donors (Lipinski definition) is 1. The molecule has 3 heteroatoms. The van der Waals surface area contributed by atoms with E-state index in [9.17, 15) is 5.11 Å². The smallest absolute Gasteiger partial charge is 0.0785 e. The molecule has 13 heavy (non-hydrogen) atoms. The number of aromatic nitrogens is 1. The molecule has 0 saturated carbocycles. The summed E-state index contributed by atoms with van der Waals surface area (Å²) in [4.78, 5) is 3.96. The molecule has 0 bridgehead atoms. The monoisotopic (exact) mass is 195 g/mol. The topological polar surface area (TPSA) is 33.1 Å². The van der Waals surface area contributed by atoms with E-state index in [4.69, 9.17) is 0 Å². The second-order valence-corrected chi connectivity index (χ2v) is 4.66. The van der Waals surface area contributed by atoms with Crippen molar-refractivity contribution >= 4 is 11.8 Å². The van der Waals surface area contributed by atoms with E-state index in [0.717, 1.165) is 24.3 Å². The zero-order chi connectivity index (χ0) is 9.15. The van der Waals surface area contributed by atoms with Gasteiger partial charge in [-0.25, -0.2) is 0 Å². The Kier molecular flexibility index (Phi) is 2.56. The maximum Gasteiger partial charge on any atom is 0.0785 e. The minimum Gasteiger partial charge on any atom is -0.389 e. The highest BCUT2D eigenvalue weighted by molar-refractivity contribution is 7.99. The van der Waals surface area contributed by atoms with E-state index < -0.39 is 5.60 Å². The first-order valence-electron chi connectivity index (χ1n) is 4.48. The predicted molar refractivity (Wildman–Crippen MR) is 54.8 cm³/mol. The van der Waals surface area contributed by atoms with Gasteiger partial charge in [0.2, 0.25) is 0 Å². The molecule has 2 heterocycles. The summed E-state index contributed by atoms with van der Waals surface area (Å²) in [6, 6.07) is 3.95. The van der Waals surface area contributed by atoms with Gasteiger partial charge in [-0.05, 0) is 29.9 Å². The van der Waals surface area contributed by atoms with E-state index in [-0.39, 0.29) is 0 Å². The molecule has 2 nitrogen and oxygen atoms in total. The first kappa shape index (κ1) is 9.03. The molecule has 0 radical (unpaired) electrons. The summed E-state index contributed by atoms with van der Waals surface area (Å²) in [5, 5.41) is 10.1. The molecule has 1 fully saturated rings. The molecule has 1 atom stereocenters. The molecule has 2 rings (SSSR count). The highest BCUT2D eigenvalue weighted by Gasteiger charge is 2.31. The van der Waals surface area contributed by atoms with Gasteiger partial charge < -0.3 is 5.11 Å². The minimum atomic E-state index is -0.466. The molecule has 1 N–H and O–H groups in total. The Morgan fingerprint density at radius 1 is 1.46 bits per heavy atom. The second kappa shape index (κ2) is 3.68. The van der Waals surface area contributed by atoms with Gasteiger partial charge in [0.1, 0.15) is 0 Å². The van der Waals surface area contributed by atoms with Crippen molar-refractivity contribution in [1.29, 1.82) is 0 Å². The van der Waals surface area contributed by atoms with E-state index in [1.807, 2.05) is 23.9 Å². The fourth-order valence-corrected chi connectivity index (χ4v) is 2.91. The van der Waals surface area contributed by atoms with E-state index in [2.05, 4.69) is 4.98 Å². The van der Waals surface area contributed by atoms with Gasteiger partial charge in [0.05, 0.1) is 5.60 Å². The largest absolute Gasteiger partial charge is 0.389 e. The molecule has 0 aliphatic carbocycles. The average molecular weight is 195 g/mol. The van der Waals surface area contributed by atoms with E-state index in [1.165, 1.54) is 5.56 Å². The Hall–Kier alpha value is -0.540. The van der Waals surface area contributed by atoms with Crippen molar-refractivity contribution in [2.24, 2.45) is 0 Å². The molecule has 0 spiro atoms. The molecule has 1 aromatic rings. The first-order valence-corrected chi connectivity index (χ1v) is 5.63. The quantitative estimate of drug-likeness (QED) is 0.776. The Labute approximate surface area is 82.4 Å². The number of pyridine rings is 1. The fraction of sp³-hybridized carbons (Fsp3) is 0.500. The summed E-state index contributed by atoms with van der Waals surface area (Å²) in [7, 11) is 0. The number of rotatable bonds is 2. The number of thioether (sulfide) groups is 1. The van der Waals surface area contributed by atoms with Gasteiger partial charge in [0.25, 0.3) is 0 Å². The Morgan fingerprint density at radius 3 is 2.85 bits per heavy atom. The van der Waals surface area contributed by atoms with Gasteiger partial charge in [-0.2, -0.15) is 11.8 Å². The lowest BCUT2D eigenvalue weighted by Crippen LogP contribution is -2.30. The Bertz CT molecular complexity index is 270. The van der Waals surface area contributed by atoms with Crippen LogP contribution in [-0.4, -0.2) is 27.2 Å². The van der Waals surface area contributed by atoms with Gasteiger partial charge in [0.15, 0.2) is 0 Å². The van der Waals surface area contributed by atoms with Crippen LogP contribution in [0.5, 0.6) is 0 Å². The standard InChI is InChI=1S/C10H13NOS/c12-10(3-6-13-8-10)7-9-1-4-11-5-2-9/h1-2,4-5,12H,3,6-8H2. The molecular formula is C10H13NOS. The number of nitrogens with zero attached hydrogens (tertiary/aromatic N) is 1. The molecule has 1 aliphatic heterocycles. The summed E-state index contributed by atoms with van der Waals surface area (Å²) in [6.45, 7) is 0. The first-order chi connectivity index (χ1) is 6.29. The molecule has 1 aromatic heterocycles. The summed E-state index contributed by atoms with van der Waals surface area (Å²) in [5.41, 5.74) is 0.714. The van der Waals surface area contributed by atoms with Gasteiger partial charge in [-0.1, -0.05) is 0 Å². The molecule has 70 valence electrons. The van der Waals surface area contributed by atoms with Crippen LogP contribution in [0.4, 0.5) is 0 Å². The Morgan fingerprint density at radius 2 is 2.23 bits per heavy atom. The van der Waals surface area contributed by atoms with Gasteiger partial charge in [-0.15, -0.1) is 0 Å². The summed E-state index contributed by atoms with van der Waals surface area (Å²) in [5.74, 6) is 1.96. The van der Waals surface area contributed by atoms with Gasteiger partial charge >= 0.3 is 0 Å². The van der Waals surface area contributed by atoms with Crippen LogP contribution in [0.25, 0.3) is 0 Å². The van der Waals surface area contributed by atoms with Crippen LogP contribution in [0, 0.1) is 0 Å². The molecule has 0 amide bonds. The normalized spacial score (nSPS) is 27.8. The van der Waals surface area contributed by atoms with Crippen LogP contribution in [0.15, 0.2) is 24.5 Å². The van der Waals surface area contributed by atoms with Crippen molar-refractivity contribution < 1.29 is 5.11 Å². The lowest BCUT2D eigenvalue weighted by atomic mass is 9.95. The van der Waals surface area contributed by atoms with Crippen LogP contribution in [0.3, 0.4) is 0 Å². The number of hydrogen-bond acceptors (Lipinski definition) is 3. The van der Waals surface area contributed by atoms with E-state index >= 15 is 0 Å². The van der Waals surface area contributed by atoms with Crippen molar-refractivity contribution in [2.75, 3.05) is 11.5 Å². The highest BCUT2D eigenvalue weighted by Crippen LogP contribution is 2.30. The third-order valence-electron chi connectivity index (χ3n) is 2.37. The average Bonchev–Trinajstić information content (AvgIpc) is 2.54. The maximum atomic E-state index is 10.1. The van der Waals surface area contributed by atoms with Gasteiger partial charge in [0, 0.05) is 24.6 Å². The third kappa shape index (κ3) is 2.23. The third-order valence-corrected chi connectivity index (χ3v) is 3.60. The van der Waals surface area contributed by atoms with Crippen LogP contribution in [0.1, 0.15) is 12.0 Å². The lowest BCUT2D eigenvalue weighted by Gasteiger charge is -2.20. The zero-order valence-corrected chi connectivity index (χ0v) is 8.26. The van der Waals surface area contributed by atoms with Crippen molar-refractivity contribution in [3.8, 4) is 0 Å². The summed E-state index contributed by atoms with van der Waals surface area (Å²) < 4.78 is 0. The van der Waals surface area contributed by atoms with Crippen molar-refractivity contribution in [1.82, 2.24) is 4.98 Å². The molecular weight excluding hydrogens is 182 g/mol. The van der Waals surface area contributed by atoms with Crippen LogP contribution >= 0.6 is 11.8 Å². The van der Waals surface area contributed by atoms with Crippen LogP contribution in [0.2, 0.25) is 0 Å². The molecule has 1 aliphatic rings. The second-order valence-electron chi connectivity index (χ2n) is 3.56. The van der Waals surface area contributed by atoms with Crippen LogP contribution in [-0.2, 0) is 6.42 Å².